The fourth-order valence-electron chi connectivity index (χ4n) is 1.40. The summed E-state index contributed by atoms with van der Waals surface area (Å²) in [7, 11) is 0. The van der Waals surface area contributed by atoms with E-state index in [1.807, 2.05) is 37.3 Å². The molecule has 0 aliphatic rings. The fourth-order valence-corrected chi connectivity index (χ4v) is 1.40. The van der Waals surface area contributed by atoms with Gasteiger partial charge in [0.15, 0.2) is 0 Å². The molecule has 84 valence electrons. The molecule has 0 radical (unpaired) electrons. The van der Waals surface area contributed by atoms with Gasteiger partial charge in [-0.25, -0.2) is 0 Å². The maximum atomic E-state index is 8.86. The van der Waals surface area contributed by atoms with Crippen LogP contribution in [0.15, 0.2) is 30.3 Å². The zero-order valence-electron chi connectivity index (χ0n) is 9.15. The largest absolute Gasteiger partial charge is 0.492 e. The highest BCUT2D eigenvalue weighted by Gasteiger charge is 2.06. The predicted octanol–water partition coefficient (Wildman–Crippen LogP) is 1.43. The molecule has 0 amide bonds. The Labute approximate surface area is 91.1 Å². The van der Waals surface area contributed by atoms with Crippen molar-refractivity contribution in [3.05, 3.63) is 30.3 Å². The highest BCUT2D eigenvalue weighted by Crippen LogP contribution is 2.08. The van der Waals surface area contributed by atoms with Gasteiger partial charge in [-0.1, -0.05) is 25.1 Å². The van der Waals surface area contributed by atoms with Crippen molar-refractivity contribution in [3.8, 4) is 5.75 Å². The van der Waals surface area contributed by atoms with Crippen LogP contribution in [0.3, 0.4) is 0 Å². The highest BCUT2D eigenvalue weighted by molar-refractivity contribution is 5.20. The number of aliphatic hydroxyl groups is 1. The molecular weight excluding hydrogens is 190 g/mol. The first-order chi connectivity index (χ1) is 7.36. The highest BCUT2D eigenvalue weighted by atomic mass is 16.5. The third-order valence-electron chi connectivity index (χ3n) is 2.16. The van der Waals surface area contributed by atoms with Crippen molar-refractivity contribution in [1.82, 2.24) is 5.32 Å². The van der Waals surface area contributed by atoms with E-state index in [0.29, 0.717) is 6.61 Å². The third-order valence-corrected chi connectivity index (χ3v) is 2.16. The summed E-state index contributed by atoms with van der Waals surface area (Å²) in [5.74, 6) is 0.873. The van der Waals surface area contributed by atoms with E-state index in [1.165, 1.54) is 0 Å². The van der Waals surface area contributed by atoms with Crippen LogP contribution in [0.1, 0.15) is 13.3 Å². The summed E-state index contributed by atoms with van der Waals surface area (Å²) in [6, 6.07) is 9.94. The molecule has 0 aliphatic carbocycles. The molecule has 0 bridgehead atoms. The van der Waals surface area contributed by atoms with Crippen molar-refractivity contribution in [2.45, 2.75) is 19.4 Å². The molecular formula is C12H19NO2. The summed E-state index contributed by atoms with van der Waals surface area (Å²) < 4.78 is 5.60. The van der Waals surface area contributed by atoms with Crippen LogP contribution in [0, 0.1) is 0 Å². The molecule has 0 fully saturated rings. The van der Waals surface area contributed by atoms with E-state index < -0.39 is 0 Å². The zero-order chi connectivity index (χ0) is 10.9. The van der Waals surface area contributed by atoms with Crippen LogP contribution in [0.4, 0.5) is 0 Å². The summed E-state index contributed by atoms with van der Waals surface area (Å²) in [5, 5.41) is 12.1. The van der Waals surface area contributed by atoms with Gasteiger partial charge >= 0.3 is 0 Å². The van der Waals surface area contributed by atoms with E-state index in [0.717, 1.165) is 18.7 Å². The van der Waals surface area contributed by atoms with Gasteiger partial charge in [-0.05, 0) is 25.1 Å². The average molecular weight is 209 g/mol. The molecule has 0 aromatic heterocycles. The maximum Gasteiger partial charge on any atom is 0.119 e. The second-order valence-corrected chi connectivity index (χ2v) is 3.39. The fraction of sp³-hybridized carbons (Fsp3) is 0.500. The molecule has 15 heavy (non-hydrogen) atoms. The number of hydrogen-bond acceptors (Lipinski definition) is 3. The van der Waals surface area contributed by atoms with Gasteiger partial charge in [-0.2, -0.15) is 0 Å². The lowest BCUT2D eigenvalue weighted by Gasteiger charge is -2.17. The molecule has 1 aromatic rings. The summed E-state index contributed by atoms with van der Waals surface area (Å²) in [6.45, 7) is 3.73. The predicted molar refractivity (Wildman–Crippen MR) is 61.1 cm³/mol. The van der Waals surface area contributed by atoms with Crippen LogP contribution in [0.5, 0.6) is 5.75 Å². The Morgan fingerprint density at radius 2 is 2.07 bits per heavy atom. The lowest BCUT2D eigenvalue weighted by Crippen LogP contribution is -2.35. The second kappa shape index (κ2) is 7.26. The molecule has 1 unspecified atom stereocenters. The smallest absolute Gasteiger partial charge is 0.119 e. The molecule has 0 aliphatic heterocycles. The molecule has 0 saturated heterocycles. The Kier molecular flexibility index (Phi) is 5.81. The van der Waals surface area contributed by atoms with Crippen molar-refractivity contribution in [3.63, 3.8) is 0 Å². The Balaban J connectivity index is 2.33. The summed E-state index contributed by atoms with van der Waals surface area (Å²) >= 11 is 0. The van der Waals surface area contributed by atoms with Crippen LogP contribution in [-0.4, -0.2) is 30.9 Å². The van der Waals surface area contributed by atoms with E-state index >= 15 is 0 Å². The van der Waals surface area contributed by atoms with E-state index in [9.17, 15) is 0 Å². The molecule has 1 aromatic carbocycles. The van der Waals surface area contributed by atoms with E-state index in [2.05, 4.69) is 5.32 Å². The Hall–Kier alpha value is -1.06. The van der Waals surface area contributed by atoms with Gasteiger partial charge in [-0.3, -0.25) is 0 Å². The molecule has 0 spiro atoms. The lowest BCUT2D eigenvalue weighted by atomic mass is 10.2. The van der Waals surface area contributed by atoms with Crippen molar-refractivity contribution in [2.75, 3.05) is 19.8 Å². The van der Waals surface area contributed by atoms with E-state index in [1.54, 1.807) is 0 Å². The maximum absolute atomic E-state index is 8.86. The third kappa shape index (κ3) is 4.81. The van der Waals surface area contributed by atoms with Gasteiger partial charge in [0.05, 0.1) is 0 Å². The SMILES string of the molecule is CCNC(CCO)COc1ccccc1. The minimum atomic E-state index is 0.190. The Morgan fingerprint density at radius 3 is 2.67 bits per heavy atom. The number of hydrogen-bond donors (Lipinski definition) is 2. The normalized spacial score (nSPS) is 12.4. The van der Waals surface area contributed by atoms with Crippen LogP contribution in [0.2, 0.25) is 0 Å². The first-order valence-corrected chi connectivity index (χ1v) is 5.39. The minimum Gasteiger partial charge on any atom is -0.492 e. The molecule has 0 saturated carbocycles. The van der Waals surface area contributed by atoms with Gasteiger partial charge in [0.1, 0.15) is 12.4 Å². The quantitative estimate of drug-likeness (QED) is 0.713. The van der Waals surface area contributed by atoms with Crippen molar-refractivity contribution in [2.24, 2.45) is 0 Å². The van der Waals surface area contributed by atoms with Crippen LogP contribution in [-0.2, 0) is 0 Å². The first kappa shape index (κ1) is 12.0. The zero-order valence-corrected chi connectivity index (χ0v) is 9.15. The van der Waals surface area contributed by atoms with E-state index in [-0.39, 0.29) is 12.6 Å². The van der Waals surface area contributed by atoms with Gasteiger partial charge < -0.3 is 15.2 Å². The molecule has 1 rings (SSSR count). The van der Waals surface area contributed by atoms with E-state index in [4.69, 9.17) is 9.84 Å². The average Bonchev–Trinajstić information content (AvgIpc) is 2.28. The number of rotatable bonds is 7. The topological polar surface area (TPSA) is 41.5 Å². The summed E-state index contributed by atoms with van der Waals surface area (Å²) in [6.07, 6.45) is 0.723. The first-order valence-electron chi connectivity index (χ1n) is 5.39. The van der Waals surface area contributed by atoms with Crippen molar-refractivity contribution in [1.29, 1.82) is 0 Å². The number of para-hydroxylation sites is 1. The molecule has 3 heteroatoms. The standard InChI is InChI=1S/C12H19NO2/c1-2-13-11(8-9-14)10-15-12-6-4-3-5-7-12/h3-7,11,13-14H,2,8-10H2,1H3. The molecule has 2 N–H and O–H groups in total. The minimum absolute atomic E-state index is 0.190. The monoisotopic (exact) mass is 209 g/mol. The molecule has 0 heterocycles. The molecule has 3 nitrogen and oxygen atoms in total. The summed E-state index contributed by atoms with van der Waals surface area (Å²) in [4.78, 5) is 0. The number of likely N-dealkylation sites (N-methyl/N-ethyl adjacent to an activating group) is 1. The van der Waals surface area contributed by atoms with Gasteiger partial charge in [0.2, 0.25) is 0 Å². The second-order valence-electron chi connectivity index (χ2n) is 3.39. The summed E-state index contributed by atoms with van der Waals surface area (Å²) in [5.41, 5.74) is 0. The van der Waals surface area contributed by atoms with Gasteiger partial charge in [-0.15, -0.1) is 0 Å². The number of aliphatic hydroxyl groups excluding tert-OH is 1. The number of benzene rings is 1. The number of nitrogens with one attached hydrogen (secondary N) is 1. The Bertz CT molecular complexity index is 245. The van der Waals surface area contributed by atoms with Crippen molar-refractivity contribution < 1.29 is 9.84 Å². The van der Waals surface area contributed by atoms with Crippen LogP contribution < -0.4 is 10.1 Å². The molecule has 1 atom stereocenters. The van der Waals surface area contributed by atoms with Crippen LogP contribution in [0.25, 0.3) is 0 Å². The van der Waals surface area contributed by atoms with Gasteiger partial charge in [0, 0.05) is 12.6 Å². The van der Waals surface area contributed by atoms with Crippen LogP contribution >= 0.6 is 0 Å². The van der Waals surface area contributed by atoms with Gasteiger partial charge in [0.25, 0.3) is 0 Å². The van der Waals surface area contributed by atoms with Crippen molar-refractivity contribution >= 4 is 0 Å². The number of ether oxygens (including phenoxy) is 1. The Morgan fingerprint density at radius 1 is 1.33 bits per heavy atom. The lowest BCUT2D eigenvalue weighted by molar-refractivity contribution is 0.215.